The average Bonchev–Trinajstić information content (AvgIpc) is 3.02. The first-order valence-corrected chi connectivity index (χ1v) is 7.93. The van der Waals surface area contributed by atoms with E-state index in [4.69, 9.17) is 0 Å². The van der Waals surface area contributed by atoms with Crippen molar-refractivity contribution in [3.05, 3.63) is 35.4 Å². The first-order valence-electron chi connectivity index (χ1n) is 7.93. The van der Waals surface area contributed by atoms with E-state index in [1.54, 1.807) is 0 Å². The number of benzene rings is 1. The molecule has 3 unspecified atom stereocenters. The number of hydrogen-bond acceptors (Lipinski definition) is 3. The molecule has 4 nitrogen and oxygen atoms in total. The maximum absolute atomic E-state index is 12.7. The van der Waals surface area contributed by atoms with Gasteiger partial charge in [-0.05, 0) is 38.9 Å². The van der Waals surface area contributed by atoms with Crippen molar-refractivity contribution < 1.29 is 4.79 Å². The van der Waals surface area contributed by atoms with E-state index in [9.17, 15) is 4.79 Å². The Bertz CT molecular complexity index is 531. The fraction of sp³-hybridized carbons (Fsp3) is 0.588. The Balaban J connectivity index is 1.91. The number of likely N-dealkylation sites (N-methyl/N-ethyl adjacent to an activating group) is 1. The van der Waals surface area contributed by atoms with Crippen LogP contribution in [0.4, 0.5) is 0 Å². The summed E-state index contributed by atoms with van der Waals surface area (Å²) in [6, 6.07) is 8.79. The molecule has 21 heavy (non-hydrogen) atoms. The van der Waals surface area contributed by atoms with Gasteiger partial charge >= 0.3 is 0 Å². The van der Waals surface area contributed by atoms with E-state index in [0.717, 1.165) is 25.9 Å². The van der Waals surface area contributed by atoms with Gasteiger partial charge in [-0.3, -0.25) is 10.1 Å². The summed E-state index contributed by atoms with van der Waals surface area (Å²) in [6.45, 7) is 6.23. The van der Waals surface area contributed by atoms with Crippen molar-refractivity contribution in [1.29, 1.82) is 0 Å². The average molecular weight is 287 g/mol. The zero-order valence-corrected chi connectivity index (χ0v) is 13.2. The number of aryl methyl sites for hydroxylation is 1. The predicted octanol–water partition coefficient (Wildman–Crippen LogP) is 1.91. The molecule has 2 aliphatic rings. The second-order valence-corrected chi connectivity index (χ2v) is 6.39. The van der Waals surface area contributed by atoms with Crippen LogP contribution in [0, 0.1) is 6.92 Å². The van der Waals surface area contributed by atoms with Gasteiger partial charge in [-0.15, -0.1) is 0 Å². The minimum Gasteiger partial charge on any atom is -0.317 e. The Morgan fingerprint density at radius 2 is 2.19 bits per heavy atom. The fourth-order valence-electron chi connectivity index (χ4n) is 3.57. The Kier molecular flexibility index (Phi) is 4.00. The second kappa shape index (κ2) is 5.78. The summed E-state index contributed by atoms with van der Waals surface area (Å²) < 4.78 is 0. The third-order valence-electron chi connectivity index (χ3n) is 4.72. The maximum Gasteiger partial charge on any atom is 0.241 e. The lowest BCUT2D eigenvalue weighted by Gasteiger charge is -2.30. The summed E-state index contributed by atoms with van der Waals surface area (Å²) in [4.78, 5) is 17.2. The third kappa shape index (κ3) is 2.70. The molecule has 0 aromatic heterocycles. The lowest BCUT2D eigenvalue weighted by atomic mass is 10.1. The third-order valence-corrected chi connectivity index (χ3v) is 4.72. The van der Waals surface area contributed by atoms with Gasteiger partial charge in [0.1, 0.15) is 6.17 Å². The van der Waals surface area contributed by atoms with E-state index in [1.165, 1.54) is 11.1 Å². The highest BCUT2D eigenvalue weighted by atomic mass is 16.2. The van der Waals surface area contributed by atoms with Crippen molar-refractivity contribution in [2.75, 3.05) is 20.1 Å². The molecule has 1 aromatic rings. The van der Waals surface area contributed by atoms with Gasteiger partial charge in [0.2, 0.25) is 5.91 Å². The summed E-state index contributed by atoms with van der Waals surface area (Å²) in [5.41, 5.74) is 2.44. The highest BCUT2D eigenvalue weighted by molar-refractivity contribution is 5.85. The van der Waals surface area contributed by atoms with Crippen molar-refractivity contribution in [2.24, 2.45) is 0 Å². The molecule has 0 bridgehead atoms. The van der Waals surface area contributed by atoms with Crippen LogP contribution in [-0.2, 0) is 4.79 Å². The molecule has 2 heterocycles. The summed E-state index contributed by atoms with van der Waals surface area (Å²) in [5.74, 6) is 0.268. The van der Waals surface area contributed by atoms with Crippen LogP contribution in [0.1, 0.15) is 37.1 Å². The molecule has 1 amide bonds. The Morgan fingerprint density at radius 1 is 1.38 bits per heavy atom. The molecule has 3 atom stereocenters. The molecule has 2 fully saturated rings. The van der Waals surface area contributed by atoms with Crippen molar-refractivity contribution >= 4 is 5.91 Å². The van der Waals surface area contributed by atoms with Gasteiger partial charge in [0.25, 0.3) is 0 Å². The fourth-order valence-corrected chi connectivity index (χ4v) is 3.57. The lowest BCUT2D eigenvalue weighted by molar-refractivity contribution is -0.132. The number of nitrogens with one attached hydrogen (secondary N) is 1. The summed E-state index contributed by atoms with van der Waals surface area (Å²) >= 11 is 0. The molecule has 2 saturated heterocycles. The molecule has 1 aromatic carbocycles. The number of likely N-dealkylation sites (tertiary alicyclic amines) is 1. The van der Waals surface area contributed by atoms with Gasteiger partial charge in [0, 0.05) is 12.6 Å². The van der Waals surface area contributed by atoms with Gasteiger partial charge in [-0.1, -0.05) is 36.8 Å². The van der Waals surface area contributed by atoms with E-state index in [2.05, 4.69) is 60.3 Å². The van der Waals surface area contributed by atoms with E-state index in [-0.39, 0.29) is 18.1 Å². The molecule has 3 rings (SSSR count). The van der Waals surface area contributed by atoms with Crippen LogP contribution in [0.5, 0.6) is 0 Å². The largest absolute Gasteiger partial charge is 0.317 e. The monoisotopic (exact) mass is 287 g/mol. The van der Waals surface area contributed by atoms with Crippen LogP contribution >= 0.6 is 0 Å². The van der Waals surface area contributed by atoms with Gasteiger partial charge in [0.05, 0.1) is 6.04 Å². The predicted molar refractivity (Wildman–Crippen MR) is 83.9 cm³/mol. The van der Waals surface area contributed by atoms with Crippen LogP contribution < -0.4 is 5.32 Å². The smallest absolute Gasteiger partial charge is 0.241 e. The van der Waals surface area contributed by atoms with Crippen LogP contribution in [0.3, 0.4) is 0 Å². The quantitative estimate of drug-likeness (QED) is 0.922. The molecular formula is C17H25N3O. The van der Waals surface area contributed by atoms with E-state index in [0.29, 0.717) is 6.04 Å². The van der Waals surface area contributed by atoms with Crippen molar-refractivity contribution in [1.82, 2.24) is 15.1 Å². The van der Waals surface area contributed by atoms with Gasteiger partial charge in [-0.25, -0.2) is 0 Å². The van der Waals surface area contributed by atoms with Gasteiger partial charge < -0.3 is 9.80 Å². The number of rotatable bonds is 3. The topological polar surface area (TPSA) is 35.6 Å². The maximum atomic E-state index is 12.7. The van der Waals surface area contributed by atoms with Crippen molar-refractivity contribution in [2.45, 2.75) is 44.9 Å². The van der Waals surface area contributed by atoms with Crippen LogP contribution in [0.2, 0.25) is 0 Å². The normalized spacial score (nSPS) is 30.3. The van der Waals surface area contributed by atoms with Crippen LogP contribution in [-0.4, -0.2) is 47.9 Å². The van der Waals surface area contributed by atoms with Crippen molar-refractivity contribution in [3.8, 4) is 0 Å². The highest BCUT2D eigenvalue weighted by Gasteiger charge is 2.43. The standard InChI is InChI=1S/C17H25N3O/c1-4-15-17(21)20(14-8-9-19(3)11-14)16(18-15)13-7-5-6-12(2)10-13/h5-7,10,14-16,18H,4,8-9,11H2,1-3H3. The molecule has 114 valence electrons. The lowest BCUT2D eigenvalue weighted by Crippen LogP contribution is -2.41. The first-order chi connectivity index (χ1) is 10.1. The Morgan fingerprint density at radius 3 is 2.81 bits per heavy atom. The summed E-state index contributed by atoms with van der Waals surface area (Å²) in [7, 11) is 2.13. The first kappa shape index (κ1) is 14.5. The number of nitrogens with zero attached hydrogens (tertiary/aromatic N) is 2. The molecule has 0 aliphatic carbocycles. The number of carbonyl (C=O) groups excluding carboxylic acids is 1. The van der Waals surface area contributed by atoms with E-state index in [1.807, 2.05) is 0 Å². The van der Waals surface area contributed by atoms with Crippen LogP contribution in [0.15, 0.2) is 24.3 Å². The molecule has 0 spiro atoms. The summed E-state index contributed by atoms with van der Waals surface area (Å²) in [6.07, 6.45) is 1.95. The summed E-state index contributed by atoms with van der Waals surface area (Å²) in [5, 5.41) is 3.53. The van der Waals surface area contributed by atoms with E-state index >= 15 is 0 Å². The molecule has 0 saturated carbocycles. The van der Waals surface area contributed by atoms with Crippen molar-refractivity contribution in [3.63, 3.8) is 0 Å². The molecule has 1 N–H and O–H groups in total. The SMILES string of the molecule is CCC1NC(c2cccc(C)c2)N(C2CCN(C)C2)C1=O. The zero-order chi connectivity index (χ0) is 15.0. The highest BCUT2D eigenvalue weighted by Crippen LogP contribution is 2.31. The zero-order valence-electron chi connectivity index (χ0n) is 13.2. The Hall–Kier alpha value is -1.39. The number of hydrogen-bond donors (Lipinski definition) is 1. The molecule has 2 aliphatic heterocycles. The number of carbonyl (C=O) groups is 1. The van der Waals surface area contributed by atoms with Gasteiger partial charge in [-0.2, -0.15) is 0 Å². The van der Waals surface area contributed by atoms with E-state index < -0.39 is 0 Å². The second-order valence-electron chi connectivity index (χ2n) is 6.39. The Labute approximate surface area is 127 Å². The minimum atomic E-state index is -0.0404. The molecule has 0 radical (unpaired) electrons. The molecular weight excluding hydrogens is 262 g/mol. The minimum absolute atomic E-state index is 0.0267. The molecule has 4 heteroatoms. The van der Waals surface area contributed by atoms with Crippen LogP contribution in [0.25, 0.3) is 0 Å². The van der Waals surface area contributed by atoms with Gasteiger partial charge in [0.15, 0.2) is 0 Å². The number of amides is 1.